The van der Waals surface area contributed by atoms with E-state index in [4.69, 9.17) is 16.3 Å². The van der Waals surface area contributed by atoms with Crippen LogP contribution < -0.4 is 0 Å². The van der Waals surface area contributed by atoms with Crippen molar-refractivity contribution in [3.05, 3.63) is 35.1 Å². The highest BCUT2D eigenvalue weighted by atomic mass is 35.5. The molecule has 1 saturated heterocycles. The Bertz CT molecular complexity index is 401. The van der Waals surface area contributed by atoms with Crippen molar-refractivity contribution < 1.29 is 17.9 Å². The summed E-state index contributed by atoms with van der Waals surface area (Å²) in [5, 5.41) is -0.930. The molecular weight excluding hydrogens is 253 g/mol. The van der Waals surface area contributed by atoms with E-state index in [-0.39, 0.29) is 11.7 Å². The van der Waals surface area contributed by atoms with Crippen molar-refractivity contribution in [2.45, 2.75) is 37.4 Å². The summed E-state index contributed by atoms with van der Waals surface area (Å²) >= 11 is 6.01. The molecule has 0 spiro atoms. The number of hydrogen-bond acceptors (Lipinski definition) is 1. The number of rotatable bonds is 2. The van der Waals surface area contributed by atoms with E-state index in [9.17, 15) is 13.2 Å². The van der Waals surface area contributed by atoms with Crippen LogP contribution in [0.1, 0.15) is 30.7 Å². The number of benzene rings is 1. The summed E-state index contributed by atoms with van der Waals surface area (Å²) in [5.41, 5.74) is -0.313. The molecule has 1 nitrogen and oxygen atoms in total. The maximum atomic E-state index is 13.5. The molecule has 1 fully saturated rings. The summed E-state index contributed by atoms with van der Waals surface area (Å²) < 4.78 is 45.2. The van der Waals surface area contributed by atoms with Gasteiger partial charge in [0.2, 0.25) is 0 Å². The Morgan fingerprint density at radius 1 is 1.24 bits per heavy atom. The molecule has 1 aromatic carbocycles. The fourth-order valence-corrected chi connectivity index (χ4v) is 2.45. The highest BCUT2D eigenvalue weighted by Gasteiger charge is 2.32. The predicted molar refractivity (Wildman–Crippen MR) is 58.5 cm³/mol. The standard InChI is InChI=1S/C12H12ClF3O/c1-6-2-3-10(17-6)12(13)11-8(15)4-7(14)5-9(11)16/h4-6,10,12H,2-3H2,1H3. The van der Waals surface area contributed by atoms with Gasteiger partial charge in [-0.25, -0.2) is 13.2 Å². The summed E-state index contributed by atoms with van der Waals surface area (Å²) in [5.74, 6) is -2.88. The molecule has 94 valence electrons. The molecule has 0 bridgehead atoms. The zero-order valence-electron chi connectivity index (χ0n) is 9.22. The lowest BCUT2D eigenvalue weighted by Crippen LogP contribution is -2.17. The average Bonchev–Trinajstić information content (AvgIpc) is 2.63. The van der Waals surface area contributed by atoms with E-state index in [1.54, 1.807) is 0 Å². The third kappa shape index (κ3) is 2.58. The third-order valence-corrected chi connectivity index (χ3v) is 3.41. The minimum absolute atomic E-state index is 0.0350. The molecule has 3 unspecified atom stereocenters. The Balaban J connectivity index is 2.27. The second-order valence-electron chi connectivity index (χ2n) is 4.25. The quantitative estimate of drug-likeness (QED) is 0.735. The average molecular weight is 265 g/mol. The van der Waals surface area contributed by atoms with Crippen LogP contribution in [0.4, 0.5) is 13.2 Å². The van der Waals surface area contributed by atoms with Gasteiger partial charge in [0.1, 0.15) is 17.5 Å². The molecule has 0 amide bonds. The van der Waals surface area contributed by atoms with E-state index in [0.29, 0.717) is 18.6 Å². The van der Waals surface area contributed by atoms with Gasteiger partial charge in [-0.1, -0.05) is 0 Å². The van der Waals surface area contributed by atoms with Gasteiger partial charge >= 0.3 is 0 Å². The second kappa shape index (κ2) is 4.86. The van der Waals surface area contributed by atoms with E-state index in [0.717, 1.165) is 6.42 Å². The van der Waals surface area contributed by atoms with E-state index < -0.39 is 28.9 Å². The zero-order valence-corrected chi connectivity index (χ0v) is 9.98. The lowest BCUT2D eigenvalue weighted by Gasteiger charge is -2.19. The molecule has 0 saturated carbocycles. The fraction of sp³-hybridized carbons (Fsp3) is 0.500. The first kappa shape index (κ1) is 12.7. The molecule has 1 heterocycles. The molecule has 5 heteroatoms. The van der Waals surface area contributed by atoms with Gasteiger partial charge < -0.3 is 4.74 Å². The van der Waals surface area contributed by atoms with E-state index in [1.807, 2.05) is 6.92 Å². The van der Waals surface area contributed by atoms with Crippen LogP contribution in [0.2, 0.25) is 0 Å². The van der Waals surface area contributed by atoms with Gasteiger partial charge in [0, 0.05) is 17.7 Å². The van der Waals surface area contributed by atoms with Crippen LogP contribution >= 0.6 is 11.6 Å². The molecule has 1 aliphatic rings. The van der Waals surface area contributed by atoms with Gasteiger partial charge in [-0.2, -0.15) is 0 Å². The summed E-state index contributed by atoms with van der Waals surface area (Å²) in [4.78, 5) is 0. The van der Waals surface area contributed by atoms with Crippen molar-refractivity contribution in [2.75, 3.05) is 0 Å². The fourth-order valence-electron chi connectivity index (χ4n) is 2.05. The van der Waals surface area contributed by atoms with Crippen LogP contribution in [0, 0.1) is 17.5 Å². The first-order valence-corrected chi connectivity index (χ1v) is 5.86. The van der Waals surface area contributed by atoms with Crippen LogP contribution in [-0.2, 0) is 4.74 Å². The molecule has 1 aliphatic heterocycles. The Morgan fingerprint density at radius 2 is 1.82 bits per heavy atom. The van der Waals surface area contributed by atoms with Gasteiger partial charge in [-0.3, -0.25) is 0 Å². The second-order valence-corrected chi connectivity index (χ2v) is 4.72. The molecule has 2 rings (SSSR count). The summed E-state index contributed by atoms with van der Waals surface area (Å²) in [6.45, 7) is 1.88. The monoisotopic (exact) mass is 264 g/mol. The largest absolute Gasteiger partial charge is 0.373 e. The number of halogens is 4. The normalized spacial score (nSPS) is 26.2. The maximum absolute atomic E-state index is 13.5. The minimum Gasteiger partial charge on any atom is -0.373 e. The lowest BCUT2D eigenvalue weighted by molar-refractivity contribution is 0.0522. The Morgan fingerprint density at radius 3 is 2.29 bits per heavy atom. The first-order chi connectivity index (χ1) is 7.99. The van der Waals surface area contributed by atoms with Gasteiger partial charge in [0.05, 0.1) is 17.6 Å². The molecule has 17 heavy (non-hydrogen) atoms. The molecule has 1 aromatic rings. The highest BCUT2D eigenvalue weighted by Crippen LogP contribution is 2.37. The van der Waals surface area contributed by atoms with Crippen LogP contribution in [0.25, 0.3) is 0 Å². The van der Waals surface area contributed by atoms with E-state index >= 15 is 0 Å². The highest BCUT2D eigenvalue weighted by molar-refractivity contribution is 6.21. The zero-order chi connectivity index (χ0) is 12.6. The number of alkyl halides is 1. The molecular formula is C12H12ClF3O. The molecule has 0 N–H and O–H groups in total. The van der Waals surface area contributed by atoms with Crippen molar-refractivity contribution in [1.82, 2.24) is 0 Å². The SMILES string of the molecule is CC1CCC(C(Cl)c2c(F)cc(F)cc2F)O1. The Labute approximate surface area is 103 Å². The van der Waals surface area contributed by atoms with Crippen molar-refractivity contribution in [3.8, 4) is 0 Å². The first-order valence-electron chi connectivity index (χ1n) is 5.43. The summed E-state index contributed by atoms with van der Waals surface area (Å²) in [6.07, 6.45) is 1.05. The predicted octanol–water partition coefficient (Wildman–Crippen LogP) is 3.95. The smallest absolute Gasteiger partial charge is 0.133 e. The topological polar surface area (TPSA) is 9.23 Å². The van der Waals surface area contributed by atoms with E-state index in [2.05, 4.69) is 0 Å². The number of hydrogen-bond donors (Lipinski definition) is 0. The van der Waals surface area contributed by atoms with Gasteiger partial charge in [-0.05, 0) is 19.8 Å². The van der Waals surface area contributed by atoms with Gasteiger partial charge in [0.25, 0.3) is 0 Å². The summed E-state index contributed by atoms with van der Waals surface area (Å²) in [6, 6.07) is 1.26. The van der Waals surface area contributed by atoms with Gasteiger partial charge in [-0.15, -0.1) is 11.6 Å². The molecule has 0 aromatic heterocycles. The van der Waals surface area contributed by atoms with Crippen molar-refractivity contribution in [2.24, 2.45) is 0 Å². The Hall–Kier alpha value is -0.740. The van der Waals surface area contributed by atoms with Gasteiger partial charge in [0.15, 0.2) is 0 Å². The van der Waals surface area contributed by atoms with Crippen LogP contribution in [0.3, 0.4) is 0 Å². The van der Waals surface area contributed by atoms with Crippen LogP contribution in [0.15, 0.2) is 12.1 Å². The minimum atomic E-state index is -0.967. The maximum Gasteiger partial charge on any atom is 0.133 e. The molecule has 0 radical (unpaired) electrons. The van der Waals surface area contributed by atoms with Crippen LogP contribution in [-0.4, -0.2) is 12.2 Å². The van der Waals surface area contributed by atoms with Crippen molar-refractivity contribution in [1.29, 1.82) is 0 Å². The van der Waals surface area contributed by atoms with E-state index in [1.165, 1.54) is 0 Å². The Kier molecular flexibility index (Phi) is 3.64. The van der Waals surface area contributed by atoms with Crippen molar-refractivity contribution >= 4 is 11.6 Å². The summed E-state index contributed by atoms with van der Waals surface area (Å²) in [7, 11) is 0. The lowest BCUT2D eigenvalue weighted by atomic mass is 10.0. The molecule has 0 aliphatic carbocycles. The number of ether oxygens (including phenoxy) is 1. The van der Waals surface area contributed by atoms with Crippen molar-refractivity contribution in [3.63, 3.8) is 0 Å². The molecule has 3 atom stereocenters. The third-order valence-electron chi connectivity index (χ3n) is 2.91. The van der Waals surface area contributed by atoms with Crippen LogP contribution in [0.5, 0.6) is 0 Å².